The van der Waals surface area contributed by atoms with Gasteiger partial charge in [0.2, 0.25) is 5.91 Å². The van der Waals surface area contributed by atoms with Gasteiger partial charge < -0.3 is 5.73 Å². The highest BCUT2D eigenvalue weighted by atomic mass is 32.1. The van der Waals surface area contributed by atoms with Crippen molar-refractivity contribution in [3.05, 3.63) is 40.4 Å². The summed E-state index contributed by atoms with van der Waals surface area (Å²) in [5.74, 6) is -0.298. The van der Waals surface area contributed by atoms with Crippen molar-refractivity contribution >= 4 is 17.2 Å². The summed E-state index contributed by atoms with van der Waals surface area (Å²) in [5.41, 5.74) is 7.75. The smallest absolute Gasteiger partial charge is 0.225 e. The van der Waals surface area contributed by atoms with E-state index >= 15 is 0 Å². The minimum Gasteiger partial charge on any atom is -0.369 e. The number of thiophene rings is 1. The molecule has 4 nitrogen and oxygen atoms in total. The van der Waals surface area contributed by atoms with E-state index in [9.17, 15) is 10.1 Å². The van der Waals surface area contributed by atoms with Crippen molar-refractivity contribution in [2.45, 2.75) is 25.7 Å². The topological polar surface area (TPSA) is 79.8 Å². The highest BCUT2D eigenvalue weighted by Gasteiger charge is 2.34. The molecule has 0 aromatic carbocycles. The normalized spacial score (nSPS) is 20.6. The molecule has 1 amide bonds. The van der Waals surface area contributed by atoms with Crippen molar-refractivity contribution in [1.29, 1.82) is 5.26 Å². The number of nitriles is 1. The highest BCUT2D eigenvalue weighted by molar-refractivity contribution is 7.16. The van der Waals surface area contributed by atoms with Crippen LogP contribution in [-0.2, 0) is 11.2 Å². The van der Waals surface area contributed by atoms with Crippen molar-refractivity contribution in [2.24, 2.45) is 11.7 Å². The summed E-state index contributed by atoms with van der Waals surface area (Å²) >= 11 is 1.57. The highest BCUT2D eigenvalue weighted by Crippen LogP contribution is 2.45. The second kappa shape index (κ2) is 5.30. The second-order valence-electron chi connectivity index (χ2n) is 5.47. The van der Waals surface area contributed by atoms with Gasteiger partial charge in [-0.1, -0.05) is 13.0 Å². The van der Waals surface area contributed by atoms with Crippen LogP contribution in [0.4, 0.5) is 0 Å². The molecule has 2 heterocycles. The van der Waals surface area contributed by atoms with Crippen LogP contribution >= 0.6 is 11.3 Å². The fourth-order valence-electron chi connectivity index (χ4n) is 2.98. The van der Waals surface area contributed by atoms with E-state index in [1.807, 2.05) is 18.2 Å². The first-order valence-electron chi connectivity index (χ1n) is 6.88. The van der Waals surface area contributed by atoms with E-state index in [1.165, 1.54) is 0 Å². The standard InChI is InChI=1S/C16H15N3OS/c1-9-6-10(16(18)20)14-11(8-17)15(21-13(14)7-9)12-4-2-3-5-19-12/h2-5,9-10H,6-7H2,1H3,(H2,18,20). The van der Waals surface area contributed by atoms with Gasteiger partial charge in [-0.25, -0.2) is 0 Å². The van der Waals surface area contributed by atoms with E-state index in [0.29, 0.717) is 11.5 Å². The minimum atomic E-state index is -0.355. The monoisotopic (exact) mass is 297 g/mol. The lowest BCUT2D eigenvalue weighted by molar-refractivity contribution is -0.120. The van der Waals surface area contributed by atoms with Gasteiger partial charge in [-0.05, 0) is 36.5 Å². The third-order valence-electron chi connectivity index (χ3n) is 3.90. The number of nitrogens with two attached hydrogens (primary N) is 1. The van der Waals surface area contributed by atoms with Gasteiger partial charge in [0, 0.05) is 11.1 Å². The Morgan fingerprint density at radius 2 is 2.33 bits per heavy atom. The van der Waals surface area contributed by atoms with E-state index in [4.69, 9.17) is 5.73 Å². The van der Waals surface area contributed by atoms with Crippen molar-refractivity contribution in [3.8, 4) is 16.6 Å². The maximum absolute atomic E-state index is 11.8. The molecule has 3 rings (SSSR count). The molecule has 0 radical (unpaired) electrons. The molecular weight excluding hydrogens is 282 g/mol. The summed E-state index contributed by atoms with van der Waals surface area (Å²) < 4.78 is 0. The van der Waals surface area contributed by atoms with Crippen molar-refractivity contribution in [3.63, 3.8) is 0 Å². The van der Waals surface area contributed by atoms with E-state index < -0.39 is 0 Å². The summed E-state index contributed by atoms with van der Waals surface area (Å²) in [7, 11) is 0. The number of amides is 1. The zero-order chi connectivity index (χ0) is 15.0. The predicted octanol–water partition coefficient (Wildman–Crippen LogP) is 2.83. The zero-order valence-electron chi connectivity index (χ0n) is 11.7. The lowest BCUT2D eigenvalue weighted by Crippen LogP contribution is -2.27. The quantitative estimate of drug-likeness (QED) is 0.925. The Morgan fingerprint density at radius 3 is 2.95 bits per heavy atom. The number of aromatic nitrogens is 1. The molecule has 0 bridgehead atoms. The molecule has 21 heavy (non-hydrogen) atoms. The van der Waals surface area contributed by atoms with Crippen molar-refractivity contribution < 1.29 is 4.79 Å². The van der Waals surface area contributed by atoms with Crippen LogP contribution in [0.2, 0.25) is 0 Å². The van der Waals surface area contributed by atoms with Gasteiger partial charge in [0.05, 0.1) is 22.1 Å². The van der Waals surface area contributed by atoms with E-state index in [-0.39, 0.29) is 11.8 Å². The lowest BCUT2D eigenvalue weighted by atomic mass is 9.79. The molecule has 2 unspecified atom stereocenters. The van der Waals surface area contributed by atoms with E-state index in [2.05, 4.69) is 18.0 Å². The summed E-state index contributed by atoms with van der Waals surface area (Å²) in [6.07, 6.45) is 3.32. The molecule has 106 valence electrons. The largest absolute Gasteiger partial charge is 0.369 e. The summed E-state index contributed by atoms with van der Waals surface area (Å²) in [5, 5.41) is 9.57. The number of primary amides is 1. The maximum atomic E-state index is 11.8. The van der Waals surface area contributed by atoms with Crippen LogP contribution in [-0.4, -0.2) is 10.9 Å². The van der Waals surface area contributed by atoms with Gasteiger partial charge >= 0.3 is 0 Å². The van der Waals surface area contributed by atoms with Gasteiger partial charge in [-0.15, -0.1) is 11.3 Å². The fourth-order valence-corrected chi connectivity index (χ4v) is 4.43. The molecule has 0 aliphatic heterocycles. The fraction of sp³-hybridized carbons (Fsp3) is 0.312. The molecule has 2 aromatic heterocycles. The van der Waals surface area contributed by atoms with Crippen LogP contribution < -0.4 is 5.73 Å². The molecule has 1 aliphatic rings. The Hall–Kier alpha value is -2.19. The van der Waals surface area contributed by atoms with Crippen LogP contribution in [0.15, 0.2) is 24.4 Å². The molecule has 0 spiro atoms. The number of pyridine rings is 1. The van der Waals surface area contributed by atoms with Crippen LogP contribution in [0.3, 0.4) is 0 Å². The molecule has 0 saturated carbocycles. The summed E-state index contributed by atoms with van der Waals surface area (Å²) in [6, 6.07) is 7.90. The SMILES string of the molecule is CC1Cc2sc(-c3ccccn3)c(C#N)c2C(C(N)=O)C1. The van der Waals surface area contributed by atoms with Crippen LogP contribution in [0.1, 0.15) is 35.3 Å². The lowest BCUT2D eigenvalue weighted by Gasteiger charge is -2.25. The first kappa shape index (κ1) is 13.8. The Bertz CT molecular complexity index is 730. The van der Waals surface area contributed by atoms with Crippen LogP contribution in [0.25, 0.3) is 10.6 Å². The second-order valence-corrected chi connectivity index (χ2v) is 6.57. The van der Waals surface area contributed by atoms with Crippen LogP contribution in [0.5, 0.6) is 0 Å². The molecule has 2 N–H and O–H groups in total. The number of rotatable bonds is 2. The Labute approximate surface area is 127 Å². The molecule has 5 heteroatoms. The number of nitrogens with zero attached hydrogens (tertiary/aromatic N) is 2. The van der Waals surface area contributed by atoms with Crippen molar-refractivity contribution in [2.75, 3.05) is 0 Å². The minimum absolute atomic E-state index is 0.343. The van der Waals surface area contributed by atoms with Crippen LogP contribution in [0, 0.1) is 17.2 Å². The molecule has 0 saturated heterocycles. The van der Waals surface area contributed by atoms with Gasteiger partial charge in [-0.3, -0.25) is 9.78 Å². The average molecular weight is 297 g/mol. The van der Waals surface area contributed by atoms with Gasteiger partial charge in [-0.2, -0.15) is 5.26 Å². The van der Waals surface area contributed by atoms with Gasteiger partial charge in [0.1, 0.15) is 6.07 Å². The maximum Gasteiger partial charge on any atom is 0.225 e. The molecule has 2 aromatic rings. The first-order chi connectivity index (χ1) is 10.1. The Kier molecular flexibility index (Phi) is 3.48. The van der Waals surface area contributed by atoms with Crippen molar-refractivity contribution in [1.82, 2.24) is 4.98 Å². The first-order valence-corrected chi connectivity index (χ1v) is 7.69. The number of carbonyl (C=O) groups is 1. The number of hydrogen-bond donors (Lipinski definition) is 1. The third kappa shape index (κ3) is 2.32. The third-order valence-corrected chi connectivity index (χ3v) is 5.15. The predicted molar refractivity (Wildman–Crippen MR) is 81.7 cm³/mol. The Balaban J connectivity index is 2.21. The average Bonchev–Trinajstić information content (AvgIpc) is 2.85. The molecule has 0 fully saturated rings. The summed E-state index contributed by atoms with van der Waals surface area (Å²) in [4.78, 5) is 18.1. The molecular formula is C16H15N3OS. The summed E-state index contributed by atoms with van der Waals surface area (Å²) in [6.45, 7) is 2.12. The van der Waals surface area contributed by atoms with E-state index in [1.54, 1.807) is 17.5 Å². The van der Waals surface area contributed by atoms with Gasteiger partial charge in [0.25, 0.3) is 0 Å². The van der Waals surface area contributed by atoms with E-state index in [0.717, 1.165) is 33.9 Å². The zero-order valence-corrected chi connectivity index (χ0v) is 12.5. The van der Waals surface area contributed by atoms with Gasteiger partial charge in [0.15, 0.2) is 0 Å². The molecule has 1 aliphatic carbocycles. The molecule has 2 atom stereocenters. The number of fused-ring (bicyclic) bond motifs is 1. The number of carbonyl (C=O) groups excluding carboxylic acids is 1. The Morgan fingerprint density at radius 1 is 1.52 bits per heavy atom. The number of hydrogen-bond acceptors (Lipinski definition) is 4.